The van der Waals surface area contributed by atoms with Crippen molar-refractivity contribution in [2.45, 2.75) is 71.6 Å². The molecule has 3 nitrogen and oxygen atoms in total. The van der Waals surface area contributed by atoms with E-state index >= 15 is 0 Å². The first-order valence-corrected chi connectivity index (χ1v) is 11.3. The number of aryl methyl sites for hydroxylation is 1. The van der Waals surface area contributed by atoms with E-state index in [-0.39, 0.29) is 0 Å². The van der Waals surface area contributed by atoms with Crippen molar-refractivity contribution in [1.82, 2.24) is 0 Å². The van der Waals surface area contributed by atoms with Crippen LogP contribution in [0.2, 0.25) is 0 Å². The average Bonchev–Trinajstić information content (AvgIpc) is 2.61. The first-order valence-electron chi connectivity index (χ1n) is 9.62. The highest BCUT2D eigenvalue weighted by atomic mass is 31.2. The SMILES string of the molecule is CCCCCCCOP(=O)(CCCC)OCCCc1ccccc1. The van der Waals surface area contributed by atoms with Gasteiger partial charge in [0.15, 0.2) is 0 Å². The summed E-state index contributed by atoms with van der Waals surface area (Å²) >= 11 is 0. The molecule has 0 saturated heterocycles. The van der Waals surface area contributed by atoms with Gasteiger partial charge in [0, 0.05) is 0 Å². The second kappa shape index (κ2) is 13.6. The molecule has 0 saturated carbocycles. The molecule has 1 unspecified atom stereocenters. The standard InChI is InChI=1S/C20H35O3P/c1-3-5-7-8-12-17-22-24(21,19-6-4-2)23-18-13-16-20-14-10-9-11-15-20/h9-11,14-15H,3-8,12-13,16-19H2,1-2H3. The highest BCUT2D eigenvalue weighted by molar-refractivity contribution is 7.53. The van der Waals surface area contributed by atoms with Gasteiger partial charge in [-0.2, -0.15) is 0 Å². The molecule has 0 aliphatic carbocycles. The zero-order valence-corrected chi connectivity index (χ0v) is 16.4. The van der Waals surface area contributed by atoms with E-state index in [1.54, 1.807) is 0 Å². The minimum absolute atomic E-state index is 0.506. The largest absolute Gasteiger partial charge is 0.330 e. The molecule has 0 fully saturated rings. The van der Waals surface area contributed by atoms with Gasteiger partial charge in [0.1, 0.15) is 0 Å². The van der Waals surface area contributed by atoms with Crippen molar-refractivity contribution in [3.63, 3.8) is 0 Å². The summed E-state index contributed by atoms with van der Waals surface area (Å²) in [6, 6.07) is 10.3. The van der Waals surface area contributed by atoms with E-state index in [1.807, 2.05) is 18.2 Å². The van der Waals surface area contributed by atoms with Crippen molar-refractivity contribution in [3.8, 4) is 0 Å². The van der Waals surface area contributed by atoms with Crippen molar-refractivity contribution < 1.29 is 13.6 Å². The molecule has 0 aromatic heterocycles. The van der Waals surface area contributed by atoms with Gasteiger partial charge in [-0.1, -0.05) is 76.3 Å². The van der Waals surface area contributed by atoms with Crippen molar-refractivity contribution in [3.05, 3.63) is 35.9 Å². The van der Waals surface area contributed by atoms with Crippen LogP contribution in [-0.4, -0.2) is 19.4 Å². The van der Waals surface area contributed by atoms with Gasteiger partial charge in [0.05, 0.1) is 19.4 Å². The van der Waals surface area contributed by atoms with E-state index in [9.17, 15) is 4.57 Å². The molecule has 0 radical (unpaired) electrons. The molecule has 0 amide bonds. The molecule has 1 rings (SSSR count). The lowest BCUT2D eigenvalue weighted by Crippen LogP contribution is -2.04. The zero-order valence-electron chi connectivity index (χ0n) is 15.5. The highest BCUT2D eigenvalue weighted by Gasteiger charge is 2.23. The van der Waals surface area contributed by atoms with Crippen LogP contribution >= 0.6 is 7.60 Å². The lowest BCUT2D eigenvalue weighted by Gasteiger charge is -2.18. The fourth-order valence-corrected chi connectivity index (χ4v) is 4.40. The van der Waals surface area contributed by atoms with E-state index in [4.69, 9.17) is 9.05 Å². The summed E-state index contributed by atoms with van der Waals surface area (Å²) in [4.78, 5) is 0. The Bertz CT molecular complexity index is 447. The van der Waals surface area contributed by atoms with Gasteiger partial charge in [-0.25, -0.2) is 0 Å². The first kappa shape index (κ1) is 21.4. The summed E-state index contributed by atoms with van der Waals surface area (Å²) in [5, 5.41) is 0. The monoisotopic (exact) mass is 354 g/mol. The molecule has 4 heteroatoms. The van der Waals surface area contributed by atoms with Gasteiger partial charge in [0.2, 0.25) is 0 Å². The molecule has 0 aliphatic heterocycles. The maximum absolute atomic E-state index is 12.8. The molecule has 0 heterocycles. The minimum Gasteiger partial charge on any atom is -0.309 e. The Morgan fingerprint density at radius 1 is 0.792 bits per heavy atom. The van der Waals surface area contributed by atoms with Crippen molar-refractivity contribution in [1.29, 1.82) is 0 Å². The van der Waals surface area contributed by atoms with Gasteiger partial charge in [-0.15, -0.1) is 0 Å². The quantitative estimate of drug-likeness (QED) is 0.262. The van der Waals surface area contributed by atoms with E-state index < -0.39 is 7.60 Å². The van der Waals surface area contributed by atoms with Crippen LogP contribution in [0.5, 0.6) is 0 Å². The van der Waals surface area contributed by atoms with Gasteiger partial charge >= 0.3 is 7.60 Å². The summed E-state index contributed by atoms with van der Waals surface area (Å²) in [6.45, 7) is 5.37. The summed E-state index contributed by atoms with van der Waals surface area (Å²) in [5.41, 5.74) is 1.29. The fraction of sp³-hybridized carbons (Fsp3) is 0.700. The van der Waals surface area contributed by atoms with Gasteiger partial charge in [-0.3, -0.25) is 4.57 Å². The van der Waals surface area contributed by atoms with Crippen LogP contribution in [0.15, 0.2) is 30.3 Å². The fourth-order valence-electron chi connectivity index (χ4n) is 2.55. The molecule has 0 N–H and O–H groups in total. The van der Waals surface area contributed by atoms with Gasteiger partial charge < -0.3 is 9.05 Å². The molecule has 0 aliphatic rings. The van der Waals surface area contributed by atoms with Crippen LogP contribution < -0.4 is 0 Å². The maximum atomic E-state index is 12.8. The van der Waals surface area contributed by atoms with E-state index in [2.05, 4.69) is 26.0 Å². The van der Waals surface area contributed by atoms with E-state index in [0.717, 1.165) is 38.5 Å². The van der Waals surface area contributed by atoms with Crippen LogP contribution in [-0.2, 0) is 20.0 Å². The summed E-state index contributed by atoms with van der Waals surface area (Å²) < 4.78 is 24.2. The Hall–Kier alpha value is -0.630. The Balaban J connectivity index is 2.27. The number of unbranched alkanes of at least 4 members (excludes halogenated alkanes) is 5. The average molecular weight is 354 g/mol. The van der Waals surface area contributed by atoms with E-state index in [0.29, 0.717) is 19.4 Å². The number of rotatable bonds is 15. The lowest BCUT2D eigenvalue weighted by molar-refractivity contribution is 0.198. The van der Waals surface area contributed by atoms with E-state index in [1.165, 1.54) is 24.8 Å². The minimum atomic E-state index is -2.91. The molecule has 1 aromatic rings. The second-order valence-corrected chi connectivity index (χ2v) is 8.54. The van der Waals surface area contributed by atoms with Crippen LogP contribution in [0.25, 0.3) is 0 Å². The normalized spacial score (nSPS) is 13.8. The number of hydrogen-bond donors (Lipinski definition) is 0. The topological polar surface area (TPSA) is 35.5 Å². The van der Waals surface area contributed by atoms with Crippen LogP contribution in [0.3, 0.4) is 0 Å². The Morgan fingerprint density at radius 3 is 2.08 bits per heavy atom. The Labute approximate surface area is 148 Å². The summed E-state index contributed by atoms with van der Waals surface area (Å²) in [6.07, 6.45) is 10.1. The molecule has 1 atom stereocenters. The predicted molar refractivity (Wildman–Crippen MR) is 103 cm³/mol. The van der Waals surface area contributed by atoms with Gasteiger partial charge in [0.25, 0.3) is 0 Å². The van der Waals surface area contributed by atoms with Crippen molar-refractivity contribution in [2.75, 3.05) is 19.4 Å². The third-order valence-electron chi connectivity index (χ3n) is 4.06. The second-order valence-electron chi connectivity index (χ2n) is 6.36. The van der Waals surface area contributed by atoms with Gasteiger partial charge in [-0.05, 0) is 31.2 Å². The molecular weight excluding hydrogens is 319 g/mol. The molecule has 0 spiro atoms. The molecule has 1 aromatic carbocycles. The zero-order chi connectivity index (χ0) is 17.5. The van der Waals surface area contributed by atoms with Crippen molar-refractivity contribution >= 4 is 7.60 Å². The third-order valence-corrected chi connectivity index (χ3v) is 6.08. The number of hydrogen-bond acceptors (Lipinski definition) is 3. The predicted octanol–water partition coefficient (Wildman–Crippen LogP) is 6.62. The molecular formula is C20H35O3P. The molecule has 0 bridgehead atoms. The summed E-state index contributed by atoms with van der Waals surface area (Å²) in [7, 11) is -2.91. The Morgan fingerprint density at radius 2 is 1.42 bits per heavy atom. The molecule has 138 valence electrons. The Kier molecular flexibility index (Phi) is 12.2. The first-order chi connectivity index (χ1) is 11.7. The maximum Gasteiger partial charge on any atom is 0.330 e. The van der Waals surface area contributed by atoms with Crippen LogP contribution in [0, 0.1) is 0 Å². The summed E-state index contributed by atoms with van der Waals surface area (Å²) in [5.74, 6) is 0. The third kappa shape index (κ3) is 10.3. The number of benzene rings is 1. The van der Waals surface area contributed by atoms with Crippen LogP contribution in [0.4, 0.5) is 0 Å². The molecule has 24 heavy (non-hydrogen) atoms. The lowest BCUT2D eigenvalue weighted by atomic mass is 10.1. The smallest absolute Gasteiger partial charge is 0.309 e. The van der Waals surface area contributed by atoms with Crippen LogP contribution in [0.1, 0.15) is 70.8 Å². The van der Waals surface area contributed by atoms with Crippen molar-refractivity contribution in [2.24, 2.45) is 0 Å². The highest BCUT2D eigenvalue weighted by Crippen LogP contribution is 2.49.